The van der Waals surface area contributed by atoms with Gasteiger partial charge in [-0.1, -0.05) is 22.0 Å². The molecule has 0 unspecified atom stereocenters. The van der Waals surface area contributed by atoms with Crippen molar-refractivity contribution in [3.8, 4) is 0 Å². The Labute approximate surface area is 117 Å². The van der Waals surface area contributed by atoms with Crippen molar-refractivity contribution >= 4 is 26.0 Å². The predicted octanol–water partition coefficient (Wildman–Crippen LogP) is 2.30. The fourth-order valence-corrected chi connectivity index (χ4v) is 3.84. The number of ether oxygens (including phenoxy) is 1. The van der Waals surface area contributed by atoms with Crippen molar-refractivity contribution in [2.24, 2.45) is 0 Å². The minimum Gasteiger partial charge on any atom is -0.383 e. The topological polar surface area (TPSA) is 55.4 Å². The Hall–Kier alpha value is -0.430. The molecule has 0 heterocycles. The molecule has 0 saturated carbocycles. The second-order valence-corrected chi connectivity index (χ2v) is 6.67. The van der Waals surface area contributed by atoms with Crippen LogP contribution in [0.5, 0.6) is 0 Å². The molecule has 1 rings (SSSR count). The molecule has 0 saturated heterocycles. The normalized spacial score (nSPS) is 11.8. The third-order valence-corrected chi connectivity index (χ3v) is 5.64. The quantitative estimate of drug-likeness (QED) is 0.840. The molecule has 0 aliphatic rings. The average molecular weight is 336 g/mol. The number of hydrogen-bond acceptors (Lipinski definition) is 3. The largest absolute Gasteiger partial charge is 0.383 e. The molecular weight excluding hydrogens is 318 g/mol. The van der Waals surface area contributed by atoms with Crippen molar-refractivity contribution < 1.29 is 13.2 Å². The second-order valence-electron chi connectivity index (χ2n) is 4.17. The number of methoxy groups -OCH3 is 1. The first-order chi connectivity index (χ1) is 8.31. The molecule has 0 radical (unpaired) electrons. The minimum atomic E-state index is -3.49. The predicted molar refractivity (Wildman–Crippen MR) is 75.4 cm³/mol. The summed E-state index contributed by atoms with van der Waals surface area (Å²) in [4.78, 5) is 0.344. The average Bonchev–Trinajstić information content (AvgIpc) is 2.25. The number of aryl methyl sites for hydroxylation is 2. The van der Waals surface area contributed by atoms with Crippen molar-refractivity contribution in [1.82, 2.24) is 4.72 Å². The number of halogens is 1. The number of sulfonamides is 1. The van der Waals surface area contributed by atoms with Crippen molar-refractivity contribution in [3.63, 3.8) is 0 Å². The highest BCUT2D eigenvalue weighted by molar-refractivity contribution is 9.10. The maximum absolute atomic E-state index is 12.2. The Kier molecular flexibility index (Phi) is 5.33. The first-order valence-electron chi connectivity index (χ1n) is 5.56. The molecule has 0 aromatic heterocycles. The van der Waals surface area contributed by atoms with Gasteiger partial charge in [0.05, 0.1) is 11.5 Å². The SMILES string of the molecule is COCCNS(=O)(=O)c1c(C)cc(C)c(Br)c1C. The van der Waals surface area contributed by atoms with Crippen LogP contribution in [0.1, 0.15) is 16.7 Å². The van der Waals surface area contributed by atoms with Crippen molar-refractivity contribution in [2.45, 2.75) is 25.7 Å². The molecule has 6 heteroatoms. The van der Waals surface area contributed by atoms with Gasteiger partial charge in [-0.25, -0.2) is 13.1 Å². The Bertz CT molecular complexity index is 541. The zero-order chi connectivity index (χ0) is 13.9. The number of rotatable bonds is 5. The van der Waals surface area contributed by atoms with Gasteiger partial charge in [-0.3, -0.25) is 0 Å². The summed E-state index contributed by atoms with van der Waals surface area (Å²) in [6, 6.07) is 1.86. The molecule has 0 aliphatic heterocycles. The highest BCUT2D eigenvalue weighted by atomic mass is 79.9. The smallest absolute Gasteiger partial charge is 0.241 e. The Balaban J connectivity index is 3.21. The Morgan fingerprint density at radius 3 is 2.44 bits per heavy atom. The number of benzene rings is 1. The van der Waals surface area contributed by atoms with E-state index in [1.165, 1.54) is 7.11 Å². The van der Waals surface area contributed by atoms with Gasteiger partial charge < -0.3 is 4.74 Å². The van der Waals surface area contributed by atoms with Gasteiger partial charge in [0.15, 0.2) is 0 Å². The standard InChI is InChI=1S/C12H18BrNO3S/c1-8-7-9(2)12(10(3)11(8)13)18(15,16)14-5-6-17-4/h7,14H,5-6H2,1-4H3. The Morgan fingerprint density at radius 2 is 1.89 bits per heavy atom. The van der Waals surface area contributed by atoms with E-state index in [-0.39, 0.29) is 6.54 Å². The Morgan fingerprint density at radius 1 is 1.28 bits per heavy atom. The lowest BCUT2D eigenvalue weighted by Gasteiger charge is -2.15. The fourth-order valence-electron chi connectivity index (χ4n) is 1.91. The maximum atomic E-state index is 12.2. The lowest BCUT2D eigenvalue weighted by atomic mass is 10.1. The van der Waals surface area contributed by atoms with Gasteiger partial charge in [0.2, 0.25) is 10.0 Å². The van der Waals surface area contributed by atoms with Crippen LogP contribution in [0.4, 0.5) is 0 Å². The van der Waals surface area contributed by atoms with Crippen LogP contribution in [0.15, 0.2) is 15.4 Å². The van der Waals surface area contributed by atoms with Gasteiger partial charge in [0, 0.05) is 18.1 Å². The number of nitrogens with one attached hydrogen (secondary N) is 1. The summed E-state index contributed by atoms with van der Waals surface area (Å²) in [7, 11) is -1.96. The van der Waals surface area contributed by atoms with E-state index < -0.39 is 10.0 Å². The van der Waals surface area contributed by atoms with Gasteiger partial charge in [0.25, 0.3) is 0 Å². The highest BCUT2D eigenvalue weighted by Crippen LogP contribution is 2.29. The van der Waals surface area contributed by atoms with Crippen LogP contribution in [0.25, 0.3) is 0 Å². The van der Waals surface area contributed by atoms with Gasteiger partial charge in [-0.05, 0) is 37.5 Å². The van der Waals surface area contributed by atoms with Gasteiger partial charge >= 0.3 is 0 Å². The van der Waals surface area contributed by atoms with E-state index in [4.69, 9.17) is 4.74 Å². The molecule has 0 bridgehead atoms. The third kappa shape index (κ3) is 3.32. The summed E-state index contributed by atoms with van der Waals surface area (Å²) in [5.41, 5.74) is 2.51. The summed E-state index contributed by atoms with van der Waals surface area (Å²) in [5, 5.41) is 0. The zero-order valence-electron chi connectivity index (χ0n) is 11.0. The highest BCUT2D eigenvalue weighted by Gasteiger charge is 2.21. The van der Waals surface area contributed by atoms with Crippen LogP contribution in [-0.4, -0.2) is 28.7 Å². The lowest BCUT2D eigenvalue weighted by molar-refractivity contribution is 0.204. The fraction of sp³-hybridized carbons (Fsp3) is 0.500. The monoisotopic (exact) mass is 335 g/mol. The van der Waals surface area contributed by atoms with E-state index in [0.29, 0.717) is 11.5 Å². The van der Waals surface area contributed by atoms with Gasteiger partial charge in [-0.2, -0.15) is 0 Å². The molecule has 102 valence electrons. The van der Waals surface area contributed by atoms with E-state index in [0.717, 1.165) is 21.2 Å². The van der Waals surface area contributed by atoms with E-state index in [1.807, 2.05) is 13.0 Å². The van der Waals surface area contributed by atoms with Crippen LogP contribution in [-0.2, 0) is 14.8 Å². The first kappa shape index (κ1) is 15.6. The van der Waals surface area contributed by atoms with Gasteiger partial charge in [0.1, 0.15) is 0 Å². The molecule has 0 amide bonds. The molecule has 0 fully saturated rings. The van der Waals surface area contributed by atoms with Crippen LogP contribution in [0.2, 0.25) is 0 Å². The maximum Gasteiger partial charge on any atom is 0.241 e. The lowest BCUT2D eigenvalue weighted by Crippen LogP contribution is -2.28. The summed E-state index contributed by atoms with van der Waals surface area (Å²) in [5.74, 6) is 0. The van der Waals surface area contributed by atoms with Crippen LogP contribution < -0.4 is 4.72 Å². The third-order valence-electron chi connectivity index (χ3n) is 2.67. The van der Waals surface area contributed by atoms with Crippen molar-refractivity contribution in [1.29, 1.82) is 0 Å². The molecule has 1 aromatic carbocycles. The second kappa shape index (κ2) is 6.14. The van der Waals surface area contributed by atoms with Crippen LogP contribution >= 0.6 is 15.9 Å². The van der Waals surface area contributed by atoms with E-state index in [2.05, 4.69) is 20.7 Å². The van der Waals surface area contributed by atoms with E-state index in [9.17, 15) is 8.42 Å². The minimum absolute atomic E-state index is 0.267. The molecule has 4 nitrogen and oxygen atoms in total. The summed E-state index contributed by atoms with van der Waals surface area (Å²) in [6.45, 7) is 6.17. The molecule has 0 spiro atoms. The van der Waals surface area contributed by atoms with Gasteiger partial charge in [-0.15, -0.1) is 0 Å². The van der Waals surface area contributed by atoms with Crippen molar-refractivity contribution in [2.75, 3.05) is 20.3 Å². The molecule has 0 aliphatic carbocycles. The molecule has 1 aromatic rings. The van der Waals surface area contributed by atoms with Crippen LogP contribution in [0.3, 0.4) is 0 Å². The van der Waals surface area contributed by atoms with Crippen LogP contribution in [0, 0.1) is 20.8 Å². The summed E-state index contributed by atoms with van der Waals surface area (Å²) in [6.07, 6.45) is 0. The summed E-state index contributed by atoms with van der Waals surface area (Å²) < 4.78 is 32.7. The molecule has 1 N–H and O–H groups in total. The molecule has 0 atom stereocenters. The van der Waals surface area contributed by atoms with E-state index in [1.54, 1.807) is 13.8 Å². The molecular formula is C12H18BrNO3S. The number of hydrogen-bond donors (Lipinski definition) is 1. The van der Waals surface area contributed by atoms with E-state index >= 15 is 0 Å². The first-order valence-corrected chi connectivity index (χ1v) is 7.83. The summed E-state index contributed by atoms with van der Waals surface area (Å²) >= 11 is 3.42. The van der Waals surface area contributed by atoms with Crippen molar-refractivity contribution in [3.05, 3.63) is 27.2 Å². The zero-order valence-corrected chi connectivity index (χ0v) is 13.4. The molecule has 18 heavy (non-hydrogen) atoms.